The molecule has 0 amide bonds. The highest BCUT2D eigenvalue weighted by Gasteiger charge is 2.32. The molecule has 0 aromatic heterocycles. The average Bonchev–Trinajstić information content (AvgIpc) is 2.26. The van der Waals surface area contributed by atoms with Gasteiger partial charge >= 0.3 is 11.9 Å². The predicted molar refractivity (Wildman–Crippen MR) is 59.1 cm³/mol. The van der Waals surface area contributed by atoms with Crippen molar-refractivity contribution in [3.05, 3.63) is 0 Å². The van der Waals surface area contributed by atoms with Crippen LogP contribution < -0.4 is 0 Å². The summed E-state index contributed by atoms with van der Waals surface area (Å²) in [5, 5.41) is 17.9. The maximum absolute atomic E-state index is 11.1. The molecule has 1 rings (SSSR count). The van der Waals surface area contributed by atoms with Crippen LogP contribution in [0.1, 0.15) is 45.4 Å². The summed E-state index contributed by atoms with van der Waals surface area (Å²) in [5.41, 5.74) is 0. The van der Waals surface area contributed by atoms with E-state index in [9.17, 15) is 9.59 Å². The van der Waals surface area contributed by atoms with E-state index in [1.165, 1.54) is 13.3 Å². The minimum atomic E-state index is -1.01. The molecule has 0 aliphatic heterocycles. The van der Waals surface area contributed by atoms with Crippen molar-refractivity contribution in [2.75, 3.05) is 0 Å². The molecule has 0 aromatic rings. The predicted octanol–water partition coefficient (Wildman–Crippen LogP) is 2.38. The quantitative estimate of drug-likeness (QED) is 0.757. The minimum absolute atomic E-state index is 0.400. The van der Waals surface area contributed by atoms with Gasteiger partial charge in [0.05, 0.1) is 11.8 Å². The first kappa shape index (κ1) is 13.0. The van der Waals surface area contributed by atoms with Crippen LogP contribution >= 0.6 is 0 Å². The van der Waals surface area contributed by atoms with Gasteiger partial charge in [-0.05, 0) is 12.3 Å². The van der Waals surface area contributed by atoms with E-state index in [2.05, 4.69) is 0 Å². The van der Waals surface area contributed by atoms with Gasteiger partial charge < -0.3 is 10.2 Å². The van der Waals surface area contributed by atoms with E-state index in [1.54, 1.807) is 0 Å². The first-order valence-corrected chi connectivity index (χ1v) is 5.98. The van der Waals surface area contributed by atoms with Crippen molar-refractivity contribution in [1.82, 2.24) is 0 Å². The molecule has 0 bridgehead atoms. The standard InChI is InChI=1S/C12H20O4/c1-8(11(13)14)10(12(15)16)7-9-5-3-2-4-6-9/h8-10H,2-7H2,1H3,(H,13,14)(H,15,16)/t8-,10+/m0/s1. The van der Waals surface area contributed by atoms with Crippen LogP contribution in [0.3, 0.4) is 0 Å². The van der Waals surface area contributed by atoms with Gasteiger partial charge in [-0.25, -0.2) is 0 Å². The second kappa shape index (κ2) is 5.87. The molecule has 4 heteroatoms. The fourth-order valence-corrected chi connectivity index (χ4v) is 2.47. The molecule has 1 fully saturated rings. The summed E-state index contributed by atoms with van der Waals surface area (Å²) in [5.74, 6) is -3.11. The van der Waals surface area contributed by atoms with Crippen LogP contribution in [0.25, 0.3) is 0 Å². The number of rotatable bonds is 5. The number of carboxylic acids is 2. The van der Waals surface area contributed by atoms with Crippen molar-refractivity contribution in [1.29, 1.82) is 0 Å². The number of hydrogen-bond donors (Lipinski definition) is 2. The Morgan fingerprint density at radius 2 is 1.69 bits per heavy atom. The molecule has 92 valence electrons. The zero-order chi connectivity index (χ0) is 12.1. The zero-order valence-corrected chi connectivity index (χ0v) is 9.69. The van der Waals surface area contributed by atoms with Gasteiger partial charge in [0.15, 0.2) is 0 Å². The van der Waals surface area contributed by atoms with Crippen LogP contribution in [0.5, 0.6) is 0 Å². The maximum Gasteiger partial charge on any atom is 0.307 e. The first-order chi connectivity index (χ1) is 7.52. The summed E-state index contributed by atoms with van der Waals surface area (Å²) in [6.45, 7) is 1.49. The summed E-state index contributed by atoms with van der Waals surface area (Å²) in [6, 6.07) is 0. The molecule has 16 heavy (non-hydrogen) atoms. The summed E-state index contributed by atoms with van der Waals surface area (Å²) in [6.07, 6.45) is 6.15. The Bertz CT molecular complexity index is 256. The highest BCUT2D eigenvalue weighted by Crippen LogP contribution is 2.31. The first-order valence-electron chi connectivity index (χ1n) is 5.98. The molecular weight excluding hydrogens is 208 g/mol. The van der Waals surface area contributed by atoms with Crippen LogP contribution in [-0.4, -0.2) is 22.2 Å². The van der Waals surface area contributed by atoms with Gasteiger partial charge in [0.2, 0.25) is 0 Å². The van der Waals surface area contributed by atoms with Crippen LogP contribution in [0, 0.1) is 17.8 Å². The molecule has 1 saturated carbocycles. The van der Waals surface area contributed by atoms with Gasteiger partial charge in [-0.15, -0.1) is 0 Å². The van der Waals surface area contributed by atoms with Gasteiger partial charge in [-0.3, -0.25) is 9.59 Å². The molecule has 2 atom stereocenters. The molecule has 1 aliphatic rings. The number of aliphatic carboxylic acids is 2. The lowest BCUT2D eigenvalue weighted by molar-refractivity contribution is -0.153. The molecule has 0 unspecified atom stereocenters. The topological polar surface area (TPSA) is 74.6 Å². The Hall–Kier alpha value is -1.06. The van der Waals surface area contributed by atoms with Crippen molar-refractivity contribution in [2.24, 2.45) is 17.8 Å². The summed E-state index contributed by atoms with van der Waals surface area (Å²) in [4.78, 5) is 21.9. The van der Waals surface area contributed by atoms with Gasteiger partial charge in [0.25, 0.3) is 0 Å². The lowest BCUT2D eigenvalue weighted by atomic mass is 9.79. The van der Waals surface area contributed by atoms with E-state index in [0.717, 1.165) is 25.7 Å². The molecule has 0 heterocycles. The van der Waals surface area contributed by atoms with Crippen molar-refractivity contribution >= 4 is 11.9 Å². The average molecular weight is 228 g/mol. The second-order valence-electron chi connectivity index (χ2n) is 4.81. The van der Waals surface area contributed by atoms with Crippen molar-refractivity contribution in [3.63, 3.8) is 0 Å². The van der Waals surface area contributed by atoms with Crippen molar-refractivity contribution in [2.45, 2.75) is 45.4 Å². The van der Waals surface area contributed by atoms with E-state index in [4.69, 9.17) is 10.2 Å². The van der Waals surface area contributed by atoms with Crippen LogP contribution in [0.4, 0.5) is 0 Å². The third kappa shape index (κ3) is 3.51. The Balaban J connectivity index is 2.56. The lowest BCUT2D eigenvalue weighted by Crippen LogP contribution is -2.30. The molecule has 4 nitrogen and oxygen atoms in total. The maximum atomic E-state index is 11.1. The van der Waals surface area contributed by atoms with Gasteiger partial charge in [-0.1, -0.05) is 39.0 Å². The molecule has 2 N–H and O–H groups in total. The van der Waals surface area contributed by atoms with Gasteiger partial charge in [0.1, 0.15) is 0 Å². The molecule has 0 saturated heterocycles. The highest BCUT2D eigenvalue weighted by atomic mass is 16.4. The Morgan fingerprint density at radius 3 is 2.12 bits per heavy atom. The fraction of sp³-hybridized carbons (Fsp3) is 0.833. The third-order valence-corrected chi connectivity index (χ3v) is 3.62. The summed E-state index contributed by atoms with van der Waals surface area (Å²) < 4.78 is 0. The van der Waals surface area contributed by atoms with E-state index in [1.807, 2.05) is 0 Å². The van der Waals surface area contributed by atoms with E-state index in [-0.39, 0.29) is 0 Å². The highest BCUT2D eigenvalue weighted by molar-refractivity contribution is 5.79. The van der Waals surface area contributed by atoms with Crippen molar-refractivity contribution < 1.29 is 19.8 Å². The van der Waals surface area contributed by atoms with Crippen LogP contribution in [-0.2, 0) is 9.59 Å². The van der Waals surface area contributed by atoms with Crippen LogP contribution in [0.15, 0.2) is 0 Å². The number of carboxylic acid groups (broad SMARTS) is 2. The number of carbonyl (C=O) groups is 2. The molecule has 0 spiro atoms. The molecule has 1 aliphatic carbocycles. The Kier molecular flexibility index (Phi) is 4.77. The zero-order valence-electron chi connectivity index (χ0n) is 9.69. The minimum Gasteiger partial charge on any atom is -0.481 e. The molecule has 0 radical (unpaired) electrons. The van der Waals surface area contributed by atoms with E-state index >= 15 is 0 Å². The SMILES string of the molecule is C[C@H](C(=O)O)[C@@H](CC1CCCCC1)C(=O)O. The lowest BCUT2D eigenvalue weighted by Gasteiger charge is -2.26. The summed E-state index contributed by atoms with van der Waals surface area (Å²) in [7, 11) is 0. The largest absolute Gasteiger partial charge is 0.481 e. The van der Waals surface area contributed by atoms with E-state index < -0.39 is 23.8 Å². The monoisotopic (exact) mass is 228 g/mol. The number of hydrogen-bond acceptors (Lipinski definition) is 2. The molecular formula is C12H20O4. The smallest absolute Gasteiger partial charge is 0.307 e. The fourth-order valence-electron chi connectivity index (χ4n) is 2.47. The van der Waals surface area contributed by atoms with Gasteiger partial charge in [0, 0.05) is 0 Å². The normalized spacial score (nSPS) is 21.3. The Morgan fingerprint density at radius 1 is 1.12 bits per heavy atom. The third-order valence-electron chi connectivity index (χ3n) is 3.62. The van der Waals surface area contributed by atoms with Gasteiger partial charge in [-0.2, -0.15) is 0 Å². The van der Waals surface area contributed by atoms with E-state index in [0.29, 0.717) is 12.3 Å². The second-order valence-corrected chi connectivity index (χ2v) is 4.81. The Labute approximate surface area is 95.7 Å². The van der Waals surface area contributed by atoms with Crippen LogP contribution in [0.2, 0.25) is 0 Å². The summed E-state index contributed by atoms with van der Waals surface area (Å²) >= 11 is 0. The van der Waals surface area contributed by atoms with Crippen molar-refractivity contribution in [3.8, 4) is 0 Å². The molecule has 0 aromatic carbocycles.